The Bertz CT molecular complexity index is 868. The summed E-state index contributed by atoms with van der Waals surface area (Å²) in [6.45, 7) is 5.53. The molecule has 3 saturated heterocycles. The topological polar surface area (TPSA) is 60.9 Å². The molecule has 0 unspecified atom stereocenters. The Morgan fingerprint density at radius 2 is 1.67 bits per heavy atom. The number of benzene rings is 1. The van der Waals surface area contributed by atoms with E-state index in [0.29, 0.717) is 18.0 Å². The van der Waals surface area contributed by atoms with Crippen molar-refractivity contribution in [2.24, 2.45) is 0 Å². The van der Waals surface area contributed by atoms with Crippen LogP contribution in [-0.4, -0.2) is 59.6 Å². The fourth-order valence-corrected chi connectivity index (χ4v) is 5.26. The number of likely N-dealkylation sites (tertiary alicyclic amines) is 1. The zero-order valence-electron chi connectivity index (χ0n) is 17.6. The molecule has 0 radical (unpaired) electrons. The molecule has 7 heteroatoms. The second kappa shape index (κ2) is 9.25. The van der Waals surface area contributed by atoms with Gasteiger partial charge in [-0.05, 0) is 73.7 Å². The Labute approximate surface area is 182 Å². The van der Waals surface area contributed by atoms with Crippen molar-refractivity contribution < 1.29 is 14.4 Å². The third kappa shape index (κ3) is 4.56. The molecule has 0 saturated carbocycles. The molecule has 3 aliphatic rings. The van der Waals surface area contributed by atoms with Crippen molar-refractivity contribution in [2.45, 2.75) is 45.4 Å². The Hall–Kier alpha value is -2.28. The maximum atomic E-state index is 12.8. The molecular formula is C23H29N3O3S. The Morgan fingerprint density at radius 1 is 1.00 bits per heavy atom. The van der Waals surface area contributed by atoms with Crippen LogP contribution in [0.1, 0.15) is 49.7 Å². The van der Waals surface area contributed by atoms with Gasteiger partial charge in [-0.2, -0.15) is 0 Å². The molecule has 3 fully saturated rings. The predicted molar refractivity (Wildman–Crippen MR) is 120 cm³/mol. The number of carbonyl (C=O) groups excluding carboxylic acids is 3. The van der Waals surface area contributed by atoms with E-state index in [1.807, 2.05) is 6.07 Å². The monoisotopic (exact) mass is 427 g/mol. The molecule has 0 aromatic heterocycles. The van der Waals surface area contributed by atoms with E-state index >= 15 is 0 Å². The fourth-order valence-electron chi connectivity index (χ4n) is 4.42. The number of anilines is 1. The summed E-state index contributed by atoms with van der Waals surface area (Å²) < 4.78 is 0. The highest BCUT2D eigenvalue weighted by Gasteiger charge is 2.37. The minimum atomic E-state index is -0.366. The van der Waals surface area contributed by atoms with E-state index in [2.05, 4.69) is 24.0 Å². The largest absolute Gasteiger partial charge is 0.371 e. The summed E-state index contributed by atoms with van der Waals surface area (Å²) in [6, 6.07) is 6.15. The van der Waals surface area contributed by atoms with Gasteiger partial charge in [-0.25, -0.2) is 0 Å². The van der Waals surface area contributed by atoms with E-state index in [1.165, 1.54) is 24.1 Å². The van der Waals surface area contributed by atoms with Crippen LogP contribution in [-0.2, 0) is 9.59 Å². The third-order valence-corrected chi connectivity index (χ3v) is 7.00. The lowest BCUT2D eigenvalue weighted by atomic mass is 10.1. The number of imide groups is 1. The van der Waals surface area contributed by atoms with Crippen LogP contribution in [0, 0.1) is 6.92 Å². The first-order valence-corrected chi connectivity index (χ1v) is 11.7. The molecule has 1 aromatic carbocycles. The fraction of sp³-hybridized carbons (Fsp3) is 0.522. The second-order valence-electron chi connectivity index (χ2n) is 8.30. The van der Waals surface area contributed by atoms with E-state index in [-0.39, 0.29) is 23.6 Å². The highest BCUT2D eigenvalue weighted by Crippen LogP contribution is 2.33. The molecule has 0 spiro atoms. The van der Waals surface area contributed by atoms with Gasteiger partial charge in [0.25, 0.3) is 11.1 Å². The summed E-state index contributed by atoms with van der Waals surface area (Å²) >= 11 is 0.922. The van der Waals surface area contributed by atoms with E-state index in [0.717, 1.165) is 61.0 Å². The average Bonchev–Trinajstić information content (AvgIpc) is 3.23. The van der Waals surface area contributed by atoms with Crippen molar-refractivity contribution in [3.63, 3.8) is 0 Å². The third-order valence-electron chi connectivity index (χ3n) is 6.09. The van der Waals surface area contributed by atoms with Crippen molar-refractivity contribution in [2.75, 3.05) is 37.6 Å². The average molecular weight is 428 g/mol. The summed E-state index contributed by atoms with van der Waals surface area (Å²) in [5.74, 6) is -0.499. The van der Waals surface area contributed by atoms with Crippen LogP contribution in [0.15, 0.2) is 23.1 Å². The van der Waals surface area contributed by atoms with Crippen molar-refractivity contribution in [1.82, 2.24) is 9.80 Å². The molecule has 6 nitrogen and oxygen atoms in total. The predicted octanol–water partition coefficient (Wildman–Crippen LogP) is 4.03. The molecule has 3 amide bonds. The SMILES string of the molecule is Cc1cc(/C=C2\SC(=O)N(CC(=O)N3CCCCCC3)C2=O)ccc1N1CCCC1. The molecule has 160 valence electrons. The van der Waals surface area contributed by atoms with Gasteiger partial charge in [-0.3, -0.25) is 19.3 Å². The Balaban J connectivity index is 1.44. The van der Waals surface area contributed by atoms with Gasteiger partial charge < -0.3 is 9.80 Å². The first-order chi connectivity index (χ1) is 14.5. The molecule has 4 rings (SSSR count). The summed E-state index contributed by atoms with van der Waals surface area (Å²) in [5.41, 5.74) is 3.31. The maximum Gasteiger partial charge on any atom is 0.294 e. The van der Waals surface area contributed by atoms with Crippen LogP contribution in [0.5, 0.6) is 0 Å². The van der Waals surface area contributed by atoms with Gasteiger partial charge in [0, 0.05) is 31.9 Å². The quantitative estimate of drug-likeness (QED) is 0.679. The summed E-state index contributed by atoms with van der Waals surface area (Å²) in [5, 5.41) is -0.361. The molecule has 0 N–H and O–H groups in total. The number of nitrogens with zero attached hydrogens (tertiary/aromatic N) is 3. The highest BCUT2D eigenvalue weighted by atomic mass is 32.2. The molecule has 0 aliphatic carbocycles. The lowest BCUT2D eigenvalue weighted by Gasteiger charge is -2.22. The Kier molecular flexibility index (Phi) is 6.46. The van der Waals surface area contributed by atoms with E-state index in [4.69, 9.17) is 0 Å². The van der Waals surface area contributed by atoms with Crippen molar-refractivity contribution in [3.05, 3.63) is 34.2 Å². The van der Waals surface area contributed by atoms with Gasteiger partial charge >= 0.3 is 0 Å². The number of carbonyl (C=O) groups is 3. The minimum Gasteiger partial charge on any atom is -0.371 e. The van der Waals surface area contributed by atoms with Crippen LogP contribution < -0.4 is 4.90 Å². The van der Waals surface area contributed by atoms with Crippen molar-refractivity contribution in [3.8, 4) is 0 Å². The normalized spacial score (nSPS) is 21.6. The lowest BCUT2D eigenvalue weighted by molar-refractivity contribution is -0.135. The number of amides is 3. The number of thioether (sulfide) groups is 1. The zero-order chi connectivity index (χ0) is 21.1. The molecular weight excluding hydrogens is 398 g/mol. The van der Waals surface area contributed by atoms with Crippen LogP contribution >= 0.6 is 11.8 Å². The summed E-state index contributed by atoms with van der Waals surface area (Å²) in [4.78, 5) is 43.5. The van der Waals surface area contributed by atoms with Gasteiger partial charge in [-0.1, -0.05) is 18.9 Å². The maximum absolute atomic E-state index is 12.8. The minimum absolute atomic E-state index is 0.133. The molecule has 3 heterocycles. The number of rotatable bonds is 4. The summed E-state index contributed by atoms with van der Waals surface area (Å²) in [7, 11) is 0. The highest BCUT2D eigenvalue weighted by molar-refractivity contribution is 8.18. The smallest absolute Gasteiger partial charge is 0.294 e. The van der Waals surface area contributed by atoms with Crippen LogP contribution in [0.25, 0.3) is 6.08 Å². The van der Waals surface area contributed by atoms with Gasteiger partial charge in [0.05, 0.1) is 4.91 Å². The van der Waals surface area contributed by atoms with Gasteiger partial charge in [0.1, 0.15) is 6.54 Å². The zero-order valence-corrected chi connectivity index (χ0v) is 18.4. The van der Waals surface area contributed by atoms with Crippen molar-refractivity contribution in [1.29, 1.82) is 0 Å². The van der Waals surface area contributed by atoms with Crippen LogP contribution in [0.3, 0.4) is 0 Å². The summed E-state index contributed by atoms with van der Waals surface area (Å²) in [6.07, 6.45) is 8.45. The molecule has 1 aromatic rings. The van der Waals surface area contributed by atoms with Gasteiger partial charge in [0.2, 0.25) is 5.91 Å². The van der Waals surface area contributed by atoms with E-state index < -0.39 is 0 Å². The van der Waals surface area contributed by atoms with Gasteiger partial charge in [0.15, 0.2) is 0 Å². The van der Waals surface area contributed by atoms with E-state index in [9.17, 15) is 14.4 Å². The molecule has 3 aliphatic heterocycles. The van der Waals surface area contributed by atoms with Crippen LogP contribution in [0.2, 0.25) is 0 Å². The first-order valence-electron chi connectivity index (χ1n) is 10.9. The number of hydrogen-bond donors (Lipinski definition) is 0. The number of hydrogen-bond acceptors (Lipinski definition) is 5. The molecule has 0 bridgehead atoms. The first kappa shape index (κ1) is 21.0. The van der Waals surface area contributed by atoms with Crippen molar-refractivity contribution >= 4 is 40.6 Å². The molecule has 30 heavy (non-hydrogen) atoms. The van der Waals surface area contributed by atoms with E-state index in [1.54, 1.807) is 11.0 Å². The van der Waals surface area contributed by atoms with Crippen LogP contribution in [0.4, 0.5) is 10.5 Å². The standard InChI is InChI=1S/C23H29N3O3S/c1-17-14-18(8-9-19(17)24-10-6-7-11-24)15-20-22(28)26(23(29)30-20)16-21(27)25-12-4-2-3-5-13-25/h8-9,14-15H,2-7,10-13,16H2,1H3/b20-15-. The number of aryl methyl sites for hydroxylation is 1. The molecule has 0 atom stereocenters. The Morgan fingerprint density at radius 3 is 2.33 bits per heavy atom. The second-order valence-corrected chi connectivity index (χ2v) is 9.30. The van der Waals surface area contributed by atoms with Gasteiger partial charge in [-0.15, -0.1) is 0 Å². The lowest BCUT2D eigenvalue weighted by Crippen LogP contribution is -2.42.